The quantitative estimate of drug-likeness (QED) is 0.0212. The van der Waals surface area contributed by atoms with Crippen molar-refractivity contribution in [1.82, 2.24) is 0 Å². The number of carboxylic acids is 4. The van der Waals surface area contributed by atoms with Crippen molar-refractivity contribution in [3.8, 4) is 0 Å². The molecule has 706 valence electrons. The van der Waals surface area contributed by atoms with Gasteiger partial charge in [-0.25, -0.2) is 4.79 Å². The summed E-state index contributed by atoms with van der Waals surface area (Å²) in [6.45, 7) is 59.1. The molecule has 1 heterocycles. The predicted molar refractivity (Wildman–Crippen MR) is 468 cm³/mol. The Labute approximate surface area is 729 Å². The topological polar surface area (TPSA) is 436 Å². The van der Waals surface area contributed by atoms with Crippen LogP contribution >= 0.6 is 0 Å². The fraction of sp³-hybridized carbons (Fsp3) is 0.710. The van der Waals surface area contributed by atoms with E-state index in [4.69, 9.17) is 68.2 Å². The lowest BCUT2D eigenvalue weighted by molar-refractivity contribution is -0.181. The molecule has 3 atom stereocenters. The summed E-state index contributed by atoms with van der Waals surface area (Å²) in [7, 11) is 4.11. The fourth-order valence-corrected chi connectivity index (χ4v) is 7.32. The second kappa shape index (κ2) is 62.3. The molecular weight excluding hydrogens is 1580 g/mol. The van der Waals surface area contributed by atoms with Crippen LogP contribution in [-0.4, -0.2) is 182 Å². The second-order valence-corrected chi connectivity index (χ2v) is 35.3. The lowest BCUT2D eigenvalue weighted by Gasteiger charge is -2.42. The number of hydrogen-bond donors (Lipinski definition) is 6. The third kappa shape index (κ3) is 54.6. The smallest absolute Gasteiger partial charge is 0.333 e. The minimum absolute atomic E-state index is 0.0441. The maximum absolute atomic E-state index is 11.9. The first-order valence-electron chi connectivity index (χ1n) is 41.6. The van der Waals surface area contributed by atoms with E-state index < -0.39 is 79.3 Å². The van der Waals surface area contributed by atoms with Gasteiger partial charge in [-0.05, 0) is 220 Å². The molecule has 29 heteroatoms. The van der Waals surface area contributed by atoms with E-state index in [0.717, 1.165) is 36.8 Å². The van der Waals surface area contributed by atoms with Gasteiger partial charge >= 0.3 is 77.6 Å². The number of carbonyl (C=O) groups is 13. The van der Waals surface area contributed by atoms with Crippen molar-refractivity contribution in [2.45, 2.75) is 304 Å². The van der Waals surface area contributed by atoms with Crippen LogP contribution in [0.2, 0.25) is 0 Å². The van der Waals surface area contributed by atoms with Crippen LogP contribution in [0.25, 0.3) is 0 Å². The van der Waals surface area contributed by atoms with Crippen LogP contribution in [0.15, 0.2) is 72.8 Å². The Hall–Kier alpha value is -8.83. The highest BCUT2D eigenvalue weighted by molar-refractivity contribution is 5.87. The standard InChI is InChI=1S/C13H22O5.2C13H18O2.C12H20O5.C9H16O4.C8H16O3.C7H14O2.3C6H12O2/c1-6-13(4,5)12(16)18-8-10(14)7-17-11(15)9(2)3;2*1-4-13(2,3)12(14)15-10-11-8-6-5-7-9-11;1-5-12(10(14)16-4)6-11(2,7-17-8-12)9(13)15-3;1-4-9(2,3)8(12)13-6-5-7(10)11;1-4-8(2,3)7(10)11-6-5-9;1-5-7(2,3)6(8)9-4;3*1-4-6(2,3)5(7)8/h10,14H,2,6-8H2,1,3-5H3;2*5-9H,4,10H2,1-3H3;5-8H2,1-4H3;4-6H2,1-3H3,(H,10,11);9H,4-6H2,1-3H3;5H2,1-4H3;3*4H2,1-3H3,(H,7,8). The van der Waals surface area contributed by atoms with Crippen LogP contribution in [0.5, 0.6) is 0 Å². The molecule has 0 aliphatic carbocycles. The molecule has 1 saturated heterocycles. The molecule has 0 spiro atoms. The second-order valence-electron chi connectivity index (χ2n) is 35.3. The first-order valence-corrected chi connectivity index (χ1v) is 41.6. The Morgan fingerprint density at radius 2 is 0.689 bits per heavy atom. The number of rotatable bonds is 35. The van der Waals surface area contributed by atoms with Gasteiger partial charge < -0.3 is 78.0 Å². The van der Waals surface area contributed by atoms with Crippen LogP contribution in [-0.2, 0) is 123 Å². The Morgan fingerprint density at radius 1 is 0.402 bits per heavy atom. The van der Waals surface area contributed by atoms with E-state index in [0.29, 0.717) is 64.8 Å². The average molecular weight is 1740 g/mol. The monoisotopic (exact) mass is 1740 g/mol. The molecule has 6 N–H and O–H groups in total. The molecule has 29 nitrogen and oxygen atoms in total. The summed E-state index contributed by atoms with van der Waals surface area (Å²) in [5.74, 6) is -5.72. The Kier molecular flexibility index (Phi) is 64.5. The van der Waals surface area contributed by atoms with Gasteiger partial charge in [0.2, 0.25) is 0 Å². The van der Waals surface area contributed by atoms with Crippen LogP contribution in [0, 0.1) is 59.6 Å². The predicted octanol–water partition coefficient (Wildman–Crippen LogP) is 17.4. The third-order valence-electron chi connectivity index (χ3n) is 21.2. The molecule has 1 fully saturated rings. The zero-order valence-corrected chi connectivity index (χ0v) is 80.5. The number of aliphatic hydroxyl groups excluding tert-OH is 2. The van der Waals surface area contributed by atoms with Crippen molar-refractivity contribution in [3.05, 3.63) is 83.9 Å². The number of aliphatic hydroxyl groups is 2. The van der Waals surface area contributed by atoms with E-state index in [9.17, 15) is 67.4 Å². The summed E-state index contributed by atoms with van der Waals surface area (Å²) in [5, 5.41) is 51.5. The number of ether oxygens (including phenoxy) is 10. The van der Waals surface area contributed by atoms with Crippen LogP contribution in [0.1, 0.15) is 296 Å². The molecule has 1 aliphatic heterocycles. The van der Waals surface area contributed by atoms with E-state index in [1.807, 2.05) is 185 Å². The summed E-state index contributed by atoms with van der Waals surface area (Å²) in [4.78, 5) is 144. The Bertz CT molecular complexity index is 3270. The number of carbonyl (C=O) groups excluding carboxylic acids is 9. The Morgan fingerprint density at radius 3 is 0.934 bits per heavy atom. The maximum Gasteiger partial charge on any atom is 0.333 e. The zero-order chi connectivity index (χ0) is 97.3. The molecule has 0 amide bonds. The van der Waals surface area contributed by atoms with Crippen LogP contribution < -0.4 is 0 Å². The van der Waals surface area contributed by atoms with E-state index >= 15 is 0 Å². The fourth-order valence-electron chi connectivity index (χ4n) is 7.32. The van der Waals surface area contributed by atoms with Gasteiger partial charge in [-0.3, -0.25) is 57.5 Å². The number of carboxylic acid groups (broad SMARTS) is 4. The van der Waals surface area contributed by atoms with Crippen molar-refractivity contribution in [1.29, 1.82) is 0 Å². The van der Waals surface area contributed by atoms with Gasteiger partial charge in [0.1, 0.15) is 45.7 Å². The van der Waals surface area contributed by atoms with Crippen molar-refractivity contribution >= 4 is 77.6 Å². The molecule has 0 bridgehead atoms. The summed E-state index contributed by atoms with van der Waals surface area (Å²) >= 11 is 0. The third-order valence-corrected chi connectivity index (χ3v) is 21.2. The van der Waals surface area contributed by atoms with Gasteiger partial charge in [0.15, 0.2) is 0 Å². The van der Waals surface area contributed by atoms with Gasteiger partial charge in [0, 0.05) is 5.57 Å². The van der Waals surface area contributed by atoms with Gasteiger partial charge in [0.05, 0.1) is 107 Å². The molecule has 122 heavy (non-hydrogen) atoms. The SMILES string of the molecule is C=C(C)C(=O)OCC(O)COC(=O)C(C)(C)CC.CCC(C)(C)C(=O)O.CCC(C)(C)C(=O)O.CCC(C)(C)C(=O)O.CCC(C)(C)C(=O)OC.CCC(C)(C)C(=O)OCCC(=O)O.CCC(C)(C)C(=O)OCCO.CCC(C)(C)C(=O)OCc1ccccc1.CCC(C)(C)C(=O)OCc1ccccc1.CCC1(C(=O)OC)COCC(C)(C(=O)OC)C1. The number of aliphatic carboxylic acids is 4. The van der Waals surface area contributed by atoms with Crippen molar-refractivity contribution in [2.75, 3.05) is 67.6 Å². The molecule has 1 aliphatic rings. The van der Waals surface area contributed by atoms with E-state index in [-0.39, 0.29) is 116 Å². The molecule has 0 aromatic heterocycles. The zero-order valence-electron chi connectivity index (χ0n) is 80.5. The van der Waals surface area contributed by atoms with Crippen LogP contribution in [0.3, 0.4) is 0 Å². The van der Waals surface area contributed by atoms with Crippen molar-refractivity contribution in [2.24, 2.45) is 59.6 Å². The maximum atomic E-state index is 11.9. The highest BCUT2D eigenvalue weighted by Gasteiger charge is 2.52. The van der Waals surface area contributed by atoms with Crippen LogP contribution in [0.4, 0.5) is 0 Å². The van der Waals surface area contributed by atoms with E-state index in [1.165, 1.54) is 28.3 Å². The molecule has 2 aromatic carbocycles. The Balaban J connectivity index is -0.000000244. The van der Waals surface area contributed by atoms with E-state index in [1.54, 1.807) is 76.2 Å². The number of esters is 9. The molecular formula is C93H160O29. The molecule has 3 unspecified atom stereocenters. The first kappa shape index (κ1) is 126. The number of benzene rings is 2. The molecule has 2 aromatic rings. The summed E-state index contributed by atoms with van der Waals surface area (Å²) < 4.78 is 49.3. The summed E-state index contributed by atoms with van der Waals surface area (Å²) in [6, 6.07) is 19.4. The largest absolute Gasteiger partial charge is 0.481 e. The lowest BCUT2D eigenvalue weighted by Crippen LogP contribution is -2.50. The van der Waals surface area contributed by atoms with Gasteiger partial charge in [-0.1, -0.05) is 136 Å². The normalized spacial score (nSPS) is 14.5. The van der Waals surface area contributed by atoms with Gasteiger partial charge in [-0.2, -0.15) is 0 Å². The molecule has 3 rings (SSSR count). The minimum atomic E-state index is -1.02. The van der Waals surface area contributed by atoms with Crippen molar-refractivity contribution in [3.63, 3.8) is 0 Å². The molecule has 0 saturated carbocycles. The number of methoxy groups -OCH3 is 3. The van der Waals surface area contributed by atoms with Crippen molar-refractivity contribution < 1.29 is 140 Å². The summed E-state index contributed by atoms with van der Waals surface area (Å²) in [5.41, 5.74) is -3.42. The van der Waals surface area contributed by atoms with E-state index in [2.05, 4.69) is 11.3 Å². The van der Waals surface area contributed by atoms with Gasteiger partial charge in [-0.15, -0.1) is 0 Å². The highest BCUT2D eigenvalue weighted by atomic mass is 16.6. The lowest BCUT2D eigenvalue weighted by atomic mass is 9.69. The highest BCUT2D eigenvalue weighted by Crippen LogP contribution is 2.43. The minimum Gasteiger partial charge on any atom is -0.481 e. The molecule has 0 radical (unpaired) electrons. The first-order chi connectivity index (χ1) is 55.8. The summed E-state index contributed by atoms with van der Waals surface area (Å²) in [6.07, 6.45) is 6.34. The average Bonchev–Trinajstić information content (AvgIpc) is 0.775. The van der Waals surface area contributed by atoms with Gasteiger partial charge in [0.25, 0.3) is 0 Å². The number of hydrogen-bond acceptors (Lipinski definition) is 25.